The summed E-state index contributed by atoms with van der Waals surface area (Å²) in [5, 5.41) is 9.68. The fourth-order valence-electron chi connectivity index (χ4n) is 8.36. The SMILES string of the molecule is CC/C=C/C/C=C/C/C=C/C/C=C/C/C=C/CCCCCCCCCC(=O)OC(COCCC(C(=O)O)[N+](C)(C)C)COC(=O)CCCCCCCCCCCCCCCCCCCCCCC. The molecule has 8 heteroatoms. The van der Waals surface area contributed by atoms with E-state index >= 15 is 0 Å². The van der Waals surface area contributed by atoms with Crippen LogP contribution in [0.1, 0.15) is 251 Å². The zero-order valence-corrected chi connectivity index (χ0v) is 45.1. The van der Waals surface area contributed by atoms with Crippen LogP contribution in [0.15, 0.2) is 60.8 Å². The number of likely N-dealkylation sites (N-methyl/N-ethyl adjacent to an activating group) is 1. The zero-order chi connectivity index (χ0) is 49.9. The summed E-state index contributed by atoms with van der Waals surface area (Å²) in [4.78, 5) is 37.3. The number of nitrogens with zero attached hydrogens (tertiary/aromatic N) is 1. The molecule has 0 heterocycles. The van der Waals surface area contributed by atoms with E-state index in [2.05, 4.69) is 74.6 Å². The van der Waals surface area contributed by atoms with Crippen molar-refractivity contribution in [2.45, 2.75) is 264 Å². The van der Waals surface area contributed by atoms with Gasteiger partial charge in [0.15, 0.2) is 12.1 Å². The Kier molecular flexibility index (Phi) is 48.2. The van der Waals surface area contributed by atoms with Gasteiger partial charge in [-0.2, -0.15) is 0 Å². The Morgan fingerprint density at radius 2 is 0.824 bits per heavy atom. The number of hydrogen-bond acceptors (Lipinski definition) is 6. The van der Waals surface area contributed by atoms with Crippen LogP contribution < -0.4 is 0 Å². The van der Waals surface area contributed by atoms with E-state index in [1.54, 1.807) is 0 Å². The molecule has 8 nitrogen and oxygen atoms in total. The van der Waals surface area contributed by atoms with Crippen molar-refractivity contribution in [1.29, 1.82) is 0 Å². The third-order valence-electron chi connectivity index (χ3n) is 12.7. The first-order valence-corrected chi connectivity index (χ1v) is 28.3. The summed E-state index contributed by atoms with van der Waals surface area (Å²) in [6.45, 7) is 4.65. The number of aliphatic carboxylic acids is 1. The maximum absolute atomic E-state index is 12.8. The summed E-state index contributed by atoms with van der Waals surface area (Å²) < 4.78 is 17.4. The molecule has 0 spiro atoms. The number of carboxylic acids is 1. The van der Waals surface area contributed by atoms with Gasteiger partial charge in [0.2, 0.25) is 0 Å². The van der Waals surface area contributed by atoms with Crippen LogP contribution in [0.3, 0.4) is 0 Å². The lowest BCUT2D eigenvalue weighted by Gasteiger charge is -2.31. The Morgan fingerprint density at radius 1 is 0.456 bits per heavy atom. The van der Waals surface area contributed by atoms with E-state index < -0.39 is 18.1 Å². The number of quaternary nitrogens is 1. The number of rotatable bonds is 51. The van der Waals surface area contributed by atoms with E-state index in [0.717, 1.165) is 83.5 Å². The second kappa shape index (κ2) is 50.4. The van der Waals surface area contributed by atoms with Gasteiger partial charge in [0.05, 0.1) is 34.4 Å². The molecular formula is C60H108NO7+. The Labute approximate surface area is 419 Å². The first-order valence-electron chi connectivity index (χ1n) is 28.3. The van der Waals surface area contributed by atoms with Crippen molar-refractivity contribution in [2.75, 3.05) is 41.0 Å². The minimum atomic E-state index is -0.875. The van der Waals surface area contributed by atoms with Crippen LogP contribution in [0.2, 0.25) is 0 Å². The van der Waals surface area contributed by atoms with Crippen LogP contribution in [0.5, 0.6) is 0 Å². The van der Waals surface area contributed by atoms with Gasteiger partial charge in [-0.15, -0.1) is 0 Å². The molecule has 0 aromatic heterocycles. The first kappa shape index (κ1) is 65.0. The number of allylic oxidation sites excluding steroid dienone is 10. The van der Waals surface area contributed by atoms with E-state index in [9.17, 15) is 19.5 Å². The quantitative estimate of drug-likeness (QED) is 0.0281. The molecule has 0 aliphatic rings. The number of carboxylic acid groups (broad SMARTS) is 1. The van der Waals surface area contributed by atoms with E-state index in [-0.39, 0.29) is 36.2 Å². The molecule has 2 atom stereocenters. The molecule has 0 bridgehead atoms. The lowest BCUT2D eigenvalue weighted by Crippen LogP contribution is -2.50. The second-order valence-corrected chi connectivity index (χ2v) is 20.2. The minimum Gasteiger partial charge on any atom is -0.477 e. The Morgan fingerprint density at radius 3 is 1.22 bits per heavy atom. The van der Waals surface area contributed by atoms with Crippen molar-refractivity contribution in [2.24, 2.45) is 0 Å². The number of ether oxygens (including phenoxy) is 3. The van der Waals surface area contributed by atoms with Gasteiger partial charge in [-0.1, -0.05) is 235 Å². The molecule has 0 fully saturated rings. The van der Waals surface area contributed by atoms with Crippen LogP contribution in [-0.4, -0.2) is 80.6 Å². The molecule has 0 saturated carbocycles. The van der Waals surface area contributed by atoms with Crippen LogP contribution in [0.25, 0.3) is 0 Å². The predicted molar refractivity (Wildman–Crippen MR) is 289 cm³/mol. The zero-order valence-electron chi connectivity index (χ0n) is 45.1. The largest absolute Gasteiger partial charge is 0.477 e. The average Bonchev–Trinajstić information content (AvgIpc) is 3.30. The second-order valence-electron chi connectivity index (χ2n) is 20.2. The van der Waals surface area contributed by atoms with E-state index in [4.69, 9.17) is 14.2 Å². The van der Waals surface area contributed by atoms with Gasteiger partial charge in [-0.05, 0) is 57.8 Å². The summed E-state index contributed by atoms with van der Waals surface area (Å²) >= 11 is 0. The maximum atomic E-state index is 12.8. The number of esters is 2. The van der Waals surface area contributed by atoms with Crippen LogP contribution in [0, 0.1) is 0 Å². The summed E-state index contributed by atoms with van der Waals surface area (Å²) in [7, 11) is 5.54. The van der Waals surface area contributed by atoms with Crippen molar-refractivity contribution < 1.29 is 38.2 Å². The van der Waals surface area contributed by atoms with Gasteiger partial charge in [0.1, 0.15) is 6.61 Å². The highest BCUT2D eigenvalue weighted by Crippen LogP contribution is 2.17. The van der Waals surface area contributed by atoms with Crippen molar-refractivity contribution in [3.8, 4) is 0 Å². The van der Waals surface area contributed by atoms with E-state index in [0.29, 0.717) is 19.3 Å². The summed E-state index contributed by atoms with van der Waals surface area (Å²) in [5.41, 5.74) is 0. The predicted octanol–water partition coefficient (Wildman–Crippen LogP) is 16.9. The highest BCUT2D eigenvalue weighted by Gasteiger charge is 2.31. The first-order chi connectivity index (χ1) is 33.1. The third-order valence-corrected chi connectivity index (χ3v) is 12.7. The van der Waals surface area contributed by atoms with Gasteiger partial charge in [-0.25, -0.2) is 4.79 Å². The highest BCUT2D eigenvalue weighted by atomic mass is 16.6. The average molecular weight is 956 g/mol. The van der Waals surface area contributed by atoms with Gasteiger partial charge < -0.3 is 23.8 Å². The van der Waals surface area contributed by atoms with Crippen LogP contribution in [-0.2, 0) is 28.6 Å². The summed E-state index contributed by atoms with van der Waals surface area (Å²) in [6, 6.07) is -0.619. The lowest BCUT2D eigenvalue weighted by molar-refractivity contribution is -0.887. The van der Waals surface area contributed by atoms with Crippen LogP contribution in [0.4, 0.5) is 0 Å². The maximum Gasteiger partial charge on any atom is 0.362 e. The number of carbonyl (C=O) groups is 3. The molecule has 0 saturated heterocycles. The van der Waals surface area contributed by atoms with Crippen molar-refractivity contribution in [3.63, 3.8) is 0 Å². The number of hydrogen-bond donors (Lipinski definition) is 1. The fourth-order valence-corrected chi connectivity index (χ4v) is 8.36. The Bertz CT molecular complexity index is 1290. The normalized spacial score (nSPS) is 13.2. The molecule has 0 aliphatic heterocycles. The lowest BCUT2D eigenvalue weighted by atomic mass is 10.0. The Hall–Kier alpha value is -2.97. The monoisotopic (exact) mass is 955 g/mol. The fraction of sp³-hybridized carbons (Fsp3) is 0.783. The molecule has 0 radical (unpaired) electrons. The standard InChI is InChI=1S/C60H107NO7/c1-6-8-10-12-14-16-18-20-22-24-26-28-29-31-33-35-37-39-41-43-45-47-49-51-59(63)68-56(54-66-53-52-57(60(64)65)61(3,4)5)55-67-58(62)50-48-46-44-42-40-38-36-34-32-30-27-25-23-21-19-17-15-13-11-9-7-2/h8,10,14,16,20,22,26,28,31,33,56-57H,6-7,9,11-13,15,17-19,21,23-25,27,29-30,32,34-55H2,1-5H3/p+1/b10-8+,16-14+,22-20+,28-26+,33-31+. The Balaban J connectivity index is 4.20. The molecule has 2 unspecified atom stereocenters. The van der Waals surface area contributed by atoms with Crippen molar-refractivity contribution in [1.82, 2.24) is 0 Å². The van der Waals surface area contributed by atoms with E-state index in [1.165, 1.54) is 135 Å². The van der Waals surface area contributed by atoms with Crippen molar-refractivity contribution >= 4 is 17.9 Å². The smallest absolute Gasteiger partial charge is 0.362 e. The minimum absolute atomic E-state index is 0.0544. The van der Waals surface area contributed by atoms with Crippen LogP contribution >= 0.6 is 0 Å². The van der Waals surface area contributed by atoms with Gasteiger partial charge in [0, 0.05) is 19.3 Å². The van der Waals surface area contributed by atoms with Gasteiger partial charge >= 0.3 is 17.9 Å². The molecule has 0 aromatic carbocycles. The topological polar surface area (TPSA) is 99.1 Å². The number of carbonyl (C=O) groups excluding carboxylic acids is 2. The third kappa shape index (κ3) is 48.1. The van der Waals surface area contributed by atoms with Gasteiger partial charge in [-0.3, -0.25) is 9.59 Å². The van der Waals surface area contributed by atoms with Crippen molar-refractivity contribution in [3.05, 3.63) is 60.8 Å². The molecule has 68 heavy (non-hydrogen) atoms. The summed E-state index contributed by atoms with van der Waals surface area (Å²) in [6.07, 6.45) is 64.2. The van der Waals surface area contributed by atoms with E-state index in [1.807, 2.05) is 21.1 Å². The number of unbranched alkanes of at least 4 members (excludes halogenated alkanes) is 27. The molecule has 0 aliphatic carbocycles. The molecule has 1 N–H and O–H groups in total. The summed E-state index contributed by atoms with van der Waals surface area (Å²) in [5.74, 6) is -1.47. The molecular weight excluding hydrogens is 847 g/mol. The molecule has 0 aromatic rings. The van der Waals surface area contributed by atoms with Gasteiger partial charge in [0.25, 0.3) is 0 Å². The highest BCUT2D eigenvalue weighted by molar-refractivity contribution is 5.72. The molecule has 0 amide bonds. The molecule has 0 rings (SSSR count). The molecule has 394 valence electrons.